The first-order valence-electron chi connectivity index (χ1n) is 8.46. The highest BCUT2D eigenvalue weighted by atomic mass is 19.4. The molecular formula is C15H15F15O2. The maximum atomic E-state index is 13.6. The van der Waals surface area contributed by atoms with Crippen LogP contribution in [0.5, 0.6) is 0 Å². The van der Waals surface area contributed by atoms with Gasteiger partial charge < -0.3 is 9.47 Å². The smallest absolute Gasteiger partial charge is 0.380 e. The Morgan fingerprint density at radius 3 is 1.41 bits per heavy atom. The van der Waals surface area contributed by atoms with Crippen molar-refractivity contribution < 1.29 is 75.3 Å². The molecule has 0 aromatic heterocycles. The summed E-state index contributed by atoms with van der Waals surface area (Å²) in [5.74, 6) is -46.3. The largest absolute Gasteiger partial charge is 0.460 e. The molecule has 1 aliphatic heterocycles. The van der Waals surface area contributed by atoms with Crippen LogP contribution in [0.1, 0.15) is 19.8 Å². The summed E-state index contributed by atoms with van der Waals surface area (Å²) in [5, 5.41) is 0. The van der Waals surface area contributed by atoms with Gasteiger partial charge in [0.25, 0.3) is 0 Å². The van der Waals surface area contributed by atoms with E-state index in [0.29, 0.717) is 6.42 Å². The zero-order chi connectivity index (χ0) is 25.7. The number of hydrogen-bond donors (Lipinski definition) is 0. The van der Waals surface area contributed by atoms with Gasteiger partial charge in [0.15, 0.2) is 0 Å². The standard InChI is InChI=1S/C15H15F15O2/c1-2-8(6-32-7-8)5-31-4-3-9(16,17)10(18,19)11(20,21)12(22,23)13(24,25)14(26,27)15(28,29)30/h2-7H2,1H3. The van der Waals surface area contributed by atoms with E-state index in [1.54, 1.807) is 6.92 Å². The normalized spacial score (nSPS) is 19.1. The van der Waals surface area contributed by atoms with Crippen LogP contribution in [0, 0.1) is 5.41 Å². The highest BCUT2D eigenvalue weighted by Crippen LogP contribution is 2.62. The lowest BCUT2D eigenvalue weighted by atomic mass is 9.84. The molecule has 1 heterocycles. The summed E-state index contributed by atoms with van der Waals surface area (Å²) in [4.78, 5) is 0. The molecule has 0 unspecified atom stereocenters. The molecular weight excluding hydrogens is 497 g/mol. The van der Waals surface area contributed by atoms with Gasteiger partial charge in [-0.1, -0.05) is 6.92 Å². The second-order valence-electron chi connectivity index (χ2n) is 7.22. The van der Waals surface area contributed by atoms with Crippen molar-refractivity contribution >= 4 is 0 Å². The lowest BCUT2D eigenvalue weighted by molar-refractivity contribution is -0.452. The minimum absolute atomic E-state index is 0.0584. The Morgan fingerprint density at radius 1 is 0.656 bits per heavy atom. The summed E-state index contributed by atoms with van der Waals surface area (Å²) < 4.78 is 205. The van der Waals surface area contributed by atoms with Gasteiger partial charge in [-0.3, -0.25) is 0 Å². The van der Waals surface area contributed by atoms with Crippen molar-refractivity contribution in [1.29, 1.82) is 0 Å². The first-order chi connectivity index (χ1) is 14.0. The van der Waals surface area contributed by atoms with E-state index in [1.165, 1.54) is 0 Å². The number of hydrogen-bond acceptors (Lipinski definition) is 2. The molecule has 192 valence electrons. The van der Waals surface area contributed by atoms with Crippen LogP contribution in [-0.2, 0) is 9.47 Å². The third kappa shape index (κ3) is 4.22. The molecule has 17 heteroatoms. The van der Waals surface area contributed by atoms with Crippen molar-refractivity contribution in [3.63, 3.8) is 0 Å². The molecule has 32 heavy (non-hydrogen) atoms. The molecule has 0 aromatic rings. The van der Waals surface area contributed by atoms with Crippen LogP contribution in [0.2, 0.25) is 0 Å². The fraction of sp³-hybridized carbons (Fsp3) is 1.00. The summed E-state index contributed by atoms with van der Waals surface area (Å²) in [6, 6.07) is 0. The molecule has 0 radical (unpaired) electrons. The molecule has 0 aliphatic carbocycles. The van der Waals surface area contributed by atoms with Crippen molar-refractivity contribution in [3.8, 4) is 0 Å². The van der Waals surface area contributed by atoms with Gasteiger partial charge >= 0.3 is 41.7 Å². The van der Waals surface area contributed by atoms with Crippen molar-refractivity contribution in [2.75, 3.05) is 26.4 Å². The van der Waals surface area contributed by atoms with E-state index in [1.807, 2.05) is 0 Å². The second kappa shape index (κ2) is 8.27. The Labute approximate surface area is 170 Å². The van der Waals surface area contributed by atoms with E-state index in [2.05, 4.69) is 4.74 Å². The van der Waals surface area contributed by atoms with E-state index in [9.17, 15) is 65.9 Å². The zero-order valence-corrected chi connectivity index (χ0v) is 15.7. The molecule has 0 bridgehead atoms. The average Bonchev–Trinajstić information content (AvgIpc) is 2.58. The van der Waals surface area contributed by atoms with E-state index >= 15 is 0 Å². The second-order valence-corrected chi connectivity index (χ2v) is 7.22. The van der Waals surface area contributed by atoms with Gasteiger partial charge in [0.1, 0.15) is 0 Å². The summed E-state index contributed by atoms with van der Waals surface area (Å²) in [6.07, 6.45) is -9.75. The molecule has 0 amide bonds. The van der Waals surface area contributed by atoms with Gasteiger partial charge in [0, 0.05) is 11.8 Å². The van der Waals surface area contributed by atoms with Crippen LogP contribution in [0.4, 0.5) is 65.9 Å². The third-order valence-electron chi connectivity index (χ3n) is 4.93. The molecule has 0 N–H and O–H groups in total. The zero-order valence-electron chi connectivity index (χ0n) is 15.7. The SMILES string of the molecule is CCC1(COCCC(F)(F)C(F)(F)C(F)(F)C(F)(F)C(F)(F)C(F)(F)C(F)(F)F)COC1. The maximum Gasteiger partial charge on any atom is 0.460 e. The minimum atomic E-state index is -8.26. The lowest BCUT2D eigenvalue weighted by Crippen LogP contribution is -2.72. The summed E-state index contributed by atoms with van der Waals surface area (Å²) in [7, 11) is 0. The molecule has 1 rings (SSSR count). The highest BCUT2D eigenvalue weighted by molar-refractivity contribution is 5.12. The van der Waals surface area contributed by atoms with Gasteiger partial charge in [-0.05, 0) is 6.42 Å². The molecule has 0 saturated carbocycles. The van der Waals surface area contributed by atoms with Crippen LogP contribution >= 0.6 is 0 Å². The van der Waals surface area contributed by atoms with Crippen molar-refractivity contribution in [1.82, 2.24) is 0 Å². The highest BCUT2D eigenvalue weighted by Gasteiger charge is 2.93. The topological polar surface area (TPSA) is 18.5 Å². The summed E-state index contributed by atoms with van der Waals surface area (Å²) in [6.45, 7) is -0.214. The Bertz CT molecular complexity index is 646. The summed E-state index contributed by atoms with van der Waals surface area (Å²) in [5.41, 5.74) is -0.722. The first-order valence-corrected chi connectivity index (χ1v) is 8.46. The van der Waals surface area contributed by atoms with E-state index in [4.69, 9.17) is 4.74 Å². The van der Waals surface area contributed by atoms with Gasteiger partial charge in [-0.25, -0.2) is 0 Å². The first kappa shape index (κ1) is 28.9. The Morgan fingerprint density at radius 2 is 1.06 bits per heavy atom. The minimum Gasteiger partial charge on any atom is -0.380 e. The molecule has 1 saturated heterocycles. The maximum absolute atomic E-state index is 13.6. The fourth-order valence-electron chi connectivity index (χ4n) is 2.43. The monoisotopic (exact) mass is 512 g/mol. The molecule has 0 spiro atoms. The van der Waals surface area contributed by atoms with E-state index in [0.717, 1.165) is 0 Å². The van der Waals surface area contributed by atoms with E-state index < -0.39 is 66.8 Å². The Hall–Kier alpha value is -1.13. The molecule has 2 nitrogen and oxygen atoms in total. The van der Waals surface area contributed by atoms with Crippen molar-refractivity contribution in [2.24, 2.45) is 5.41 Å². The van der Waals surface area contributed by atoms with Crippen molar-refractivity contribution in [2.45, 2.75) is 61.5 Å². The van der Waals surface area contributed by atoms with Crippen LogP contribution in [0.15, 0.2) is 0 Å². The molecule has 1 fully saturated rings. The average molecular weight is 512 g/mol. The quantitative estimate of drug-likeness (QED) is 0.243. The van der Waals surface area contributed by atoms with Gasteiger partial charge in [-0.15, -0.1) is 0 Å². The van der Waals surface area contributed by atoms with Gasteiger partial charge in [0.2, 0.25) is 0 Å². The lowest BCUT2D eigenvalue weighted by Gasteiger charge is -2.42. The Kier molecular flexibility index (Phi) is 7.47. The van der Waals surface area contributed by atoms with Crippen molar-refractivity contribution in [3.05, 3.63) is 0 Å². The fourth-order valence-corrected chi connectivity index (χ4v) is 2.43. The van der Waals surface area contributed by atoms with Crippen LogP contribution in [-0.4, -0.2) is 68.1 Å². The predicted octanol–water partition coefficient (Wildman–Crippen LogP) is 6.19. The molecule has 1 aliphatic rings. The van der Waals surface area contributed by atoms with Crippen LogP contribution in [0.3, 0.4) is 0 Å². The van der Waals surface area contributed by atoms with Crippen LogP contribution < -0.4 is 0 Å². The molecule has 0 aromatic carbocycles. The van der Waals surface area contributed by atoms with Crippen LogP contribution in [0.25, 0.3) is 0 Å². The molecule has 0 atom stereocenters. The van der Waals surface area contributed by atoms with Gasteiger partial charge in [0.05, 0.1) is 26.4 Å². The Balaban J connectivity index is 3.11. The van der Waals surface area contributed by atoms with Gasteiger partial charge in [-0.2, -0.15) is 65.9 Å². The predicted molar refractivity (Wildman–Crippen MR) is 74.7 cm³/mol. The third-order valence-corrected chi connectivity index (χ3v) is 4.93. The number of alkyl halides is 15. The number of ether oxygens (including phenoxy) is 2. The van der Waals surface area contributed by atoms with E-state index in [-0.39, 0.29) is 13.2 Å². The summed E-state index contributed by atoms with van der Waals surface area (Å²) >= 11 is 0. The number of halogens is 15. The number of rotatable bonds is 11.